The lowest BCUT2D eigenvalue weighted by atomic mass is 10.1. The van der Waals surface area contributed by atoms with E-state index < -0.39 is 0 Å². The average Bonchev–Trinajstić information content (AvgIpc) is 2.33. The molecule has 0 aliphatic heterocycles. The monoisotopic (exact) mass is 224 g/mol. The van der Waals surface area contributed by atoms with Crippen molar-refractivity contribution in [3.63, 3.8) is 0 Å². The smallest absolute Gasteiger partial charge is 0.0642 e. The van der Waals surface area contributed by atoms with Gasteiger partial charge in [0.1, 0.15) is 0 Å². The van der Waals surface area contributed by atoms with Crippen LogP contribution in [-0.2, 0) is 6.42 Å². The van der Waals surface area contributed by atoms with E-state index in [9.17, 15) is 0 Å². The van der Waals surface area contributed by atoms with Crippen molar-refractivity contribution in [3.05, 3.63) is 65.7 Å². The molecular formula is C15H16Si. The molecule has 1 heteroatoms. The Morgan fingerprint density at radius 3 is 2.25 bits per heavy atom. The van der Waals surface area contributed by atoms with Gasteiger partial charge in [-0.1, -0.05) is 71.4 Å². The molecule has 0 unspecified atom stereocenters. The SMILES string of the molecule is Cc1ccc(CC[Si]c2ccccc2)cc1. The van der Waals surface area contributed by atoms with Gasteiger partial charge in [0.05, 0.1) is 9.52 Å². The van der Waals surface area contributed by atoms with E-state index in [4.69, 9.17) is 0 Å². The van der Waals surface area contributed by atoms with Crippen LogP contribution in [0.25, 0.3) is 0 Å². The molecule has 80 valence electrons. The van der Waals surface area contributed by atoms with Gasteiger partial charge in [-0.3, -0.25) is 0 Å². The van der Waals surface area contributed by atoms with Gasteiger partial charge in [-0.05, 0) is 18.9 Å². The molecule has 0 N–H and O–H groups in total. The van der Waals surface area contributed by atoms with Crippen LogP contribution < -0.4 is 5.19 Å². The van der Waals surface area contributed by atoms with Crippen molar-refractivity contribution in [2.75, 3.05) is 0 Å². The largest absolute Gasteiger partial charge is 0.0811 e. The quantitative estimate of drug-likeness (QED) is 0.700. The predicted molar refractivity (Wildman–Crippen MR) is 71.5 cm³/mol. The van der Waals surface area contributed by atoms with Crippen LogP contribution in [0.15, 0.2) is 54.6 Å². The van der Waals surface area contributed by atoms with Crippen molar-refractivity contribution in [3.8, 4) is 0 Å². The van der Waals surface area contributed by atoms with E-state index in [0.717, 1.165) is 9.52 Å². The van der Waals surface area contributed by atoms with Gasteiger partial charge in [0.25, 0.3) is 0 Å². The lowest BCUT2D eigenvalue weighted by Gasteiger charge is -2.01. The van der Waals surface area contributed by atoms with Gasteiger partial charge >= 0.3 is 0 Å². The maximum atomic E-state index is 2.24. The van der Waals surface area contributed by atoms with Crippen molar-refractivity contribution in [2.45, 2.75) is 19.4 Å². The van der Waals surface area contributed by atoms with Crippen LogP contribution in [0.2, 0.25) is 6.04 Å². The zero-order valence-electron chi connectivity index (χ0n) is 9.61. The van der Waals surface area contributed by atoms with E-state index in [-0.39, 0.29) is 0 Å². The lowest BCUT2D eigenvalue weighted by molar-refractivity contribution is 1.12. The molecule has 2 aromatic rings. The standard InChI is InChI=1S/C15H16Si/c1-13-7-9-14(10-8-13)11-12-16-15-5-3-2-4-6-15/h2-10H,11-12H2,1H3. The second-order valence-corrected chi connectivity index (χ2v) is 5.46. The van der Waals surface area contributed by atoms with Gasteiger partial charge in [-0.25, -0.2) is 0 Å². The molecule has 0 aliphatic rings. The summed E-state index contributed by atoms with van der Waals surface area (Å²) in [4.78, 5) is 0. The highest BCUT2D eigenvalue weighted by molar-refractivity contribution is 6.53. The molecule has 0 heterocycles. The number of hydrogen-bond donors (Lipinski definition) is 0. The van der Waals surface area contributed by atoms with Crippen LogP contribution in [0.1, 0.15) is 11.1 Å². The van der Waals surface area contributed by atoms with Crippen LogP contribution in [0.4, 0.5) is 0 Å². The van der Waals surface area contributed by atoms with Crippen LogP contribution in [-0.4, -0.2) is 9.52 Å². The molecule has 16 heavy (non-hydrogen) atoms. The van der Waals surface area contributed by atoms with Crippen molar-refractivity contribution >= 4 is 14.7 Å². The Hall–Kier alpha value is -1.34. The number of rotatable bonds is 4. The third kappa shape index (κ3) is 3.35. The van der Waals surface area contributed by atoms with Crippen LogP contribution >= 0.6 is 0 Å². The molecule has 2 radical (unpaired) electrons. The van der Waals surface area contributed by atoms with E-state index in [2.05, 4.69) is 61.5 Å². The summed E-state index contributed by atoms with van der Waals surface area (Å²) < 4.78 is 0. The van der Waals surface area contributed by atoms with Gasteiger partial charge in [-0.2, -0.15) is 0 Å². The van der Waals surface area contributed by atoms with Crippen molar-refractivity contribution in [2.24, 2.45) is 0 Å². The highest BCUT2D eigenvalue weighted by Gasteiger charge is 1.96. The van der Waals surface area contributed by atoms with E-state index >= 15 is 0 Å². The summed E-state index contributed by atoms with van der Waals surface area (Å²) in [6, 6.07) is 20.9. The summed E-state index contributed by atoms with van der Waals surface area (Å²) in [5.74, 6) is 0. The van der Waals surface area contributed by atoms with Crippen LogP contribution in [0.5, 0.6) is 0 Å². The highest BCUT2D eigenvalue weighted by atomic mass is 28.2. The Kier molecular flexibility index (Phi) is 3.95. The first-order valence-corrected chi connectivity index (χ1v) is 6.90. The molecule has 0 spiro atoms. The fourth-order valence-corrected chi connectivity index (χ4v) is 2.79. The zero-order valence-corrected chi connectivity index (χ0v) is 10.6. The van der Waals surface area contributed by atoms with Gasteiger partial charge in [0, 0.05) is 0 Å². The Morgan fingerprint density at radius 2 is 1.56 bits per heavy atom. The Morgan fingerprint density at radius 1 is 0.875 bits per heavy atom. The predicted octanol–water partition coefficient (Wildman–Crippen LogP) is 2.99. The van der Waals surface area contributed by atoms with Crippen molar-refractivity contribution in [1.29, 1.82) is 0 Å². The Balaban J connectivity index is 1.82. The summed E-state index contributed by atoms with van der Waals surface area (Å²) in [6.07, 6.45) is 1.19. The third-order valence-corrected chi connectivity index (χ3v) is 3.88. The zero-order chi connectivity index (χ0) is 11.2. The fraction of sp³-hybridized carbons (Fsp3) is 0.200. The average molecular weight is 224 g/mol. The number of hydrogen-bond acceptors (Lipinski definition) is 0. The second kappa shape index (κ2) is 5.66. The van der Waals surface area contributed by atoms with Crippen molar-refractivity contribution in [1.82, 2.24) is 0 Å². The first-order valence-electron chi connectivity index (χ1n) is 5.69. The molecule has 0 nitrogen and oxygen atoms in total. The van der Waals surface area contributed by atoms with E-state index in [1.54, 1.807) is 0 Å². The van der Waals surface area contributed by atoms with Crippen LogP contribution in [0.3, 0.4) is 0 Å². The van der Waals surface area contributed by atoms with Gasteiger partial charge < -0.3 is 0 Å². The molecule has 0 aliphatic carbocycles. The first-order chi connectivity index (χ1) is 7.84. The molecular weight excluding hydrogens is 208 g/mol. The topological polar surface area (TPSA) is 0 Å². The molecule has 2 rings (SSSR count). The summed E-state index contributed by atoms with van der Waals surface area (Å²) in [5.41, 5.74) is 2.79. The minimum Gasteiger partial charge on any atom is -0.0642 e. The molecule has 2 aromatic carbocycles. The summed E-state index contributed by atoms with van der Waals surface area (Å²) in [7, 11) is 0.927. The molecule has 0 fully saturated rings. The third-order valence-electron chi connectivity index (χ3n) is 2.64. The minimum atomic E-state index is 0.927. The fourth-order valence-electron chi connectivity index (χ4n) is 1.66. The Labute approximate surface area is 100 Å². The van der Waals surface area contributed by atoms with Crippen molar-refractivity contribution < 1.29 is 0 Å². The normalized spacial score (nSPS) is 10.3. The molecule has 0 saturated heterocycles. The van der Waals surface area contributed by atoms with Gasteiger partial charge in [-0.15, -0.1) is 0 Å². The Bertz CT molecular complexity index is 417. The number of benzene rings is 2. The molecule has 0 aromatic heterocycles. The maximum absolute atomic E-state index is 2.24. The van der Waals surface area contributed by atoms with E-state index in [1.165, 1.54) is 28.8 Å². The molecule has 0 saturated carbocycles. The number of aryl methyl sites for hydroxylation is 2. The van der Waals surface area contributed by atoms with Crippen LogP contribution in [0, 0.1) is 6.92 Å². The minimum absolute atomic E-state index is 0.927. The lowest BCUT2D eigenvalue weighted by Crippen LogP contribution is -2.13. The maximum Gasteiger partial charge on any atom is 0.0811 e. The van der Waals surface area contributed by atoms with Gasteiger partial charge in [0.2, 0.25) is 0 Å². The van der Waals surface area contributed by atoms with E-state index in [0.29, 0.717) is 0 Å². The molecule has 0 amide bonds. The highest BCUT2D eigenvalue weighted by Crippen LogP contribution is 2.05. The summed E-state index contributed by atoms with van der Waals surface area (Å²) in [5, 5.41) is 1.47. The summed E-state index contributed by atoms with van der Waals surface area (Å²) >= 11 is 0. The van der Waals surface area contributed by atoms with Gasteiger partial charge in [0.15, 0.2) is 0 Å². The first kappa shape index (κ1) is 11.2. The second-order valence-electron chi connectivity index (χ2n) is 4.03. The van der Waals surface area contributed by atoms with E-state index in [1.807, 2.05) is 0 Å². The summed E-state index contributed by atoms with van der Waals surface area (Å²) in [6.45, 7) is 2.13. The molecule has 0 atom stereocenters. The molecule has 0 bridgehead atoms.